The van der Waals surface area contributed by atoms with E-state index in [0.717, 1.165) is 11.4 Å². The Hall–Kier alpha value is -6.91. The second kappa shape index (κ2) is 10.3. The summed E-state index contributed by atoms with van der Waals surface area (Å²) < 4.78 is 9.86. The third-order valence-electron chi connectivity index (χ3n) is 11.3. The van der Waals surface area contributed by atoms with E-state index in [0.29, 0.717) is 0 Å². The Balaban J connectivity index is 1.11. The van der Waals surface area contributed by atoms with E-state index in [9.17, 15) is 0 Å². The average molecular weight is 664 g/mol. The molecule has 0 spiro atoms. The molecule has 1 aliphatic carbocycles. The van der Waals surface area contributed by atoms with E-state index in [-0.39, 0.29) is 6.04 Å². The number of allylic oxidation sites excluding steroid dienone is 4. The lowest BCUT2D eigenvalue weighted by molar-refractivity contribution is 0.781. The highest BCUT2D eigenvalue weighted by Crippen LogP contribution is 2.47. The topological polar surface area (TPSA) is 17.8 Å². The molecular formula is C48H31N4+. The fourth-order valence-corrected chi connectivity index (χ4v) is 9.28. The molecule has 10 aromatic rings. The van der Waals surface area contributed by atoms with Gasteiger partial charge in [-0.3, -0.25) is 0 Å². The fraction of sp³-hybridized carbons (Fsp3) is 0.0208. The van der Waals surface area contributed by atoms with E-state index < -0.39 is 0 Å². The molecule has 4 heteroatoms. The fourth-order valence-electron chi connectivity index (χ4n) is 9.28. The van der Waals surface area contributed by atoms with Crippen molar-refractivity contribution in [3.05, 3.63) is 182 Å². The maximum atomic E-state index is 2.58. The summed E-state index contributed by atoms with van der Waals surface area (Å²) in [7, 11) is 0. The Morgan fingerprint density at radius 1 is 0.423 bits per heavy atom. The zero-order valence-electron chi connectivity index (χ0n) is 28.2. The highest BCUT2D eigenvalue weighted by Gasteiger charge is 2.38. The summed E-state index contributed by atoms with van der Waals surface area (Å²) in [5.41, 5.74) is 13.3. The highest BCUT2D eigenvalue weighted by molar-refractivity contribution is 6.30. The first-order valence-corrected chi connectivity index (χ1v) is 18.0. The molecule has 1 atom stereocenters. The number of benzene rings is 7. The standard InChI is InChI=1S/C48H31N4/c1-2-13-31(14-3-1)50-40-21-9-6-17-36(40)46-43(50)29-30-44-47(46)37-18-12-24-45-48(37)52(44)42-23-11-10-22-41(42)51(45)33-27-25-32(26-28-33)49-38-19-7-4-15-34(38)35-16-5-8-20-39(35)49/h1-30,42H/q+1. The highest BCUT2D eigenvalue weighted by atomic mass is 15.2. The first-order chi connectivity index (χ1) is 25.8. The molecule has 4 nitrogen and oxygen atoms in total. The number of hydrogen-bond acceptors (Lipinski definition) is 0. The summed E-state index contributed by atoms with van der Waals surface area (Å²) >= 11 is 0. The Morgan fingerprint density at radius 2 is 1.00 bits per heavy atom. The van der Waals surface area contributed by atoms with E-state index in [1.807, 2.05) is 0 Å². The van der Waals surface area contributed by atoms with Gasteiger partial charge in [0.05, 0.1) is 27.6 Å². The van der Waals surface area contributed by atoms with Crippen molar-refractivity contribution in [1.29, 1.82) is 0 Å². The summed E-state index contributed by atoms with van der Waals surface area (Å²) in [4.78, 5) is 0. The first-order valence-electron chi connectivity index (χ1n) is 18.0. The normalized spacial score (nSPS) is 15.3. The average Bonchev–Trinajstić information content (AvgIpc) is 3.85. The van der Waals surface area contributed by atoms with Gasteiger partial charge in [0, 0.05) is 68.0 Å². The Morgan fingerprint density at radius 3 is 1.75 bits per heavy atom. The van der Waals surface area contributed by atoms with Gasteiger partial charge in [0.1, 0.15) is 11.6 Å². The first kappa shape index (κ1) is 27.9. The third-order valence-corrected chi connectivity index (χ3v) is 11.3. The van der Waals surface area contributed by atoms with Crippen LogP contribution >= 0.6 is 0 Å². The lowest BCUT2D eigenvalue weighted by atomic mass is 10.0. The zero-order valence-corrected chi connectivity index (χ0v) is 28.2. The number of nitrogens with zero attached hydrogens (tertiary/aromatic N) is 4. The van der Waals surface area contributed by atoms with Crippen LogP contribution in [0, 0.1) is 0 Å². The molecule has 242 valence electrons. The zero-order chi connectivity index (χ0) is 33.9. The molecule has 0 saturated heterocycles. The maximum Gasteiger partial charge on any atom is 0.235 e. The molecule has 0 fully saturated rings. The van der Waals surface area contributed by atoms with Crippen LogP contribution in [0.25, 0.3) is 76.8 Å². The summed E-state index contributed by atoms with van der Waals surface area (Å²) in [5, 5.41) is 7.72. The van der Waals surface area contributed by atoms with Crippen molar-refractivity contribution >= 4 is 82.5 Å². The number of hydrogen-bond donors (Lipinski definition) is 0. The third kappa shape index (κ3) is 3.58. The molecular weight excluding hydrogens is 633 g/mol. The molecule has 0 saturated carbocycles. The molecule has 4 heterocycles. The summed E-state index contributed by atoms with van der Waals surface area (Å²) in [6, 6.07) is 57.7. The van der Waals surface area contributed by atoms with Gasteiger partial charge in [-0.05, 0) is 54.6 Å². The van der Waals surface area contributed by atoms with Crippen LogP contribution in [0.15, 0.2) is 182 Å². The second-order valence-electron chi connectivity index (χ2n) is 13.9. The van der Waals surface area contributed by atoms with Crippen LogP contribution in [0.4, 0.5) is 11.4 Å². The summed E-state index contributed by atoms with van der Waals surface area (Å²) in [5.74, 6) is 0. The van der Waals surface area contributed by atoms with Crippen LogP contribution in [0.1, 0.15) is 6.04 Å². The van der Waals surface area contributed by atoms with E-state index in [1.54, 1.807) is 0 Å². The van der Waals surface area contributed by atoms with Crippen molar-refractivity contribution in [2.45, 2.75) is 6.04 Å². The predicted molar refractivity (Wildman–Crippen MR) is 218 cm³/mol. The number of rotatable bonds is 3. The van der Waals surface area contributed by atoms with Crippen LogP contribution in [0.3, 0.4) is 0 Å². The van der Waals surface area contributed by atoms with Crippen molar-refractivity contribution in [2.75, 3.05) is 0 Å². The largest absolute Gasteiger partial charge is 0.318 e. The van der Waals surface area contributed by atoms with E-state index in [2.05, 4.69) is 200 Å². The van der Waals surface area contributed by atoms with Gasteiger partial charge < -0.3 is 13.7 Å². The van der Waals surface area contributed by atoms with Gasteiger partial charge in [-0.25, -0.2) is 0 Å². The van der Waals surface area contributed by atoms with Crippen LogP contribution in [0.2, 0.25) is 0 Å². The predicted octanol–water partition coefficient (Wildman–Crippen LogP) is 11.9. The maximum absolute atomic E-state index is 2.58. The molecule has 0 amide bonds. The number of aromatic nitrogens is 3. The lowest BCUT2D eigenvalue weighted by Gasteiger charge is -2.24. The Kier molecular flexibility index (Phi) is 5.53. The smallest absolute Gasteiger partial charge is 0.235 e. The summed E-state index contributed by atoms with van der Waals surface area (Å²) in [6.45, 7) is 0. The van der Waals surface area contributed by atoms with Crippen LogP contribution in [-0.4, -0.2) is 19.4 Å². The van der Waals surface area contributed by atoms with Crippen LogP contribution in [0.5, 0.6) is 0 Å². The van der Waals surface area contributed by atoms with Crippen molar-refractivity contribution in [2.24, 2.45) is 0 Å². The molecule has 0 radical (unpaired) electrons. The van der Waals surface area contributed by atoms with Gasteiger partial charge >= 0.3 is 0 Å². The Labute approximate surface area is 299 Å². The molecule has 0 bridgehead atoms. The molecule has 1 unspecified atom stereocenters. The molecule has 7 aromatic carbocycles. The SMILES string of the molecule is C1=CC2=[N+](c3ccc(-n4c5ccccc5c5ccccc54)cc3)c3cccc4c5c6c7ccccc7n(-c7ccccc7)c6ccc5n(c34)C2C=C1. The molecule has 52 heavy (non-hydrogen) atoms. The summed E-state index contributed by atoms with van der Waals surface area (Å²) in [6.07, 6.45) is 9.01. The van der Waals surface area contributed by atoms with Gasteiger partial charge in [0.25, 0.3) is 0 Å². The lowest BCUT2D eigenvalue weighted by Crippen LogP contribution is -2.30. The molecule has 1 aliphatic heterocycles. The van der Waals surface area contributed by atoms with E-state index in [1.165, 1.54) is 82.5 Å². The Bertz CT molecular complexity index is 3170. The van der Waals surface area contributed by atoms with Gasteiger partial charge in [0.2, 0.25) is 17.1 Å². The van der Waals surface area contributed by atoms with Crippen molar-refractivity contribution < 1.29 is 0 Å². The van der Waals surface area contributed by atoms with Gasteiger partial charge in [-0.2, -0.15) is 4.58 Å². The molecule has 0 N–H and O–H groups in total. The number of para-hydroxylation sites is 5. The van der Waals surface area contributed by atoms with Crippen molar-refractivity contribution in [3.63, 3.8) is 0 Å². The van der Waals surface area contributed by atoms with Gasteiger partial charge in [-0.1, -0.05) is 103 Å². The monoisotopic (exact) mass is 663 g/mol. The number of fused-ring (bicyclic) bond motifs is 12. The van der Waals surface area contributed by atoms with Gasteiger partial charge in [0.15, 0.2) is 0 Å². The second-order valence-corrected chi connectivity index (χ2v) is 13.9. The van der Waals surface area contributed by atoms with Crippen molar-refractivity contribution in [3.8, 4) is 11.4 Å². The quantitative estimate of drug-likeness (QED) is 0.168. The van der Waals surface area contributed by atoms with E-state index in [4.69, 9.17) is 0 Å². The minimum absolute atomic E-state index is 0.0526. The van der Waals surface area contributed by atoms with Crippen LogP contribution < -0.4 is 4.58 Å². The minimum Gasteiger partial charge on any atom is -0.318 e. The molecule has 2 aliphatic rings. The molecule has 12 rings (SSSR count). The van der Waals surface area contributed by atoms with Crippen molar-refractivity contribution in [1.82, 2.24) is 18.3 Å². The molecule has 3 aromatic heterocycles. The minimum atomic E-state index is 0.0526. The van der Waals surface area contributed by atoms with Crippen LogP contribution in [-0.2, 0) is 0 Å². The van der Waals surface area contributed by atoms with Gasteiger partial charge in [-0.15, -0.1) is 0 Å². The van der Waals surface area contributed by atoms with E-state index >= 15 is 0 Å².